The summed E-state index contributed by atoms with van der Waals surface area (Å²) in [5, 5.41) is 13.7. The minimum absolute atomic E-state index is 0.167. The average Bonchev–Trinajstić information content (AvgIpc) is 3.20. The third-order valence-electron chi connectivity index (χ3n) is 3.80. The van der Waals surface area contributed by atoms with Crippen molar-refractivity contribution in [1.29, 1.82) is 0 Å². The van der Waals surface area contributed by atoms with Crippen LogP contribution in [-0.4, -0.2) is 26.8 Å². The number of carbonyl (C=O) groups excluding carboxylic acids is 2. The Morgan fingerprint density at radius 1 is 1.15 bits per heavy atom. The van der Waals surface area contributed by atoms with Gasteiger partial charge in [0.2, 0.25) is 5.91 Å². The van der Waals surface area contributed by atoms with Crippen LogP contribution < -0.4 is 10.6 Å². The van der Waals surface area contributed by atoms with Crippen molar-refractivity contribution < 1.29 is 14.1 Å². The van der Waals surface area contributed by atoms with Crippen LogP contribution in [0.25, 0.3) is 5.69 Å². The lowest BCUT2D eigenvalue weighted by Gasteiger charge is -2.07. The molecule has 2 aromatic heterocycles. The Morgan fingerprint density at radius 3 is 2.50 bits per heavy atom. The van der Waals surface area contributed by atoms with Gasteiger partial charge in [0.15, 0.2) is 11.5 Å². The fourth-order valence-corrected chi connectivity index (χ4v) is 2.42. The maximum atomic E-state index is 12.6. The van der Waals surface area contributed by atoms with E-state index in [-0.39, 0.29) is 11.6 Å². The molecule has 0 saturated carbocycles. The first-order valence-corrected chi connectivity index (χ1v) is 8.19. The van der Waals surface area contributed by atoms with Crippen LogP contribution in [0.1, 0.15) is 35.3 Å². The SMILES string of the molecule is CCC(=O)Nc1cc(C(=O)Nc2c(C)noc2C)nn1-c1ccccc1. The summed E-state index contributed by atoms with van der Waals surface area (Å²) in [4.78, 5) is 24.4. The van der Waals surface area contributed by atoms with Crippen molar-refractivity contribution in [2.45, 2.75) is 27.2 Å². The molecule has 2 heterocycles. The smallest absolute Gasteiger partial charge is 0.276 e. The molecule has 1 aromatic carbocycles. The van der Waals surface area contributed by atoms with Crippen LogP contribution in [0.5, 0.6) is 0 Å². The zero-order valence-electron chi connectivity index (χ0n) is 14.7. The van der Waals surface area contributed by atoms with Gasteiger partial charge < -0.3 is 15.2 Å². The minimum atomic E-state index is -0.416. The fourth-order valence-electron chi connectivity index (χ4n) is 2.42. The quantitative estimate of drug-likeness (QED) is 0.734. The Kier molecular flexibility index (Phi) is 4.83. The third-order valence-corrected chi connectivity index (χ3v) is 3.80. The van der Waals surface area contributed by atoms with Crippen molar-refractivity contribution in [3.8, 4) is 5.69 Å². The lowest BCUT2D eigenvalue weighted by atomic mass is 10.3. The van der Waals surface area contributed by atoms with Gasteiger partial charge in [-0.15, -0.1) is 0 Å². The number of hydrogen-bond acceptors (Lipinski definition) is 5. The molecule has 3 rings (SSSR count). The summed E-state index contributed by atoms with van der Waals surface area (Å²) in [6, 6.07) is 10.8. The Hall–Kier alpha value is -3.42. The van der Waals surface area contributed by atoms with E-state index in [4.69, 9.17) is 4.52 Å². The highest BCUT2D eigenvalue weighted by atomic mass is 16.5. The molecule has 0 aliphatic rings. The molecule has 0 aliphatic heterocycles. The van der Waals surface area contributed by atoms with Gasteiger partial charge in [-0.1, -0.05) is 30.3 Å². The molecule has 0 atom stereocenters. The molecule has 134 valence electrons. The molecule has 2 amide bonds. The molecule has 3 aromatic rings. The molecule has 0 bridgehead atoms. The molecule has 8 nitrogen and oxygen atoms in total. The number of anilines is 2. The molecule has 0 fully saturated rings. The highest BCUT2D eigenvalue weighted by Crippen LogP contribution is 2.22. The second kappa shape index (κ2) is 7.22. The summed E-state index contributed by atoms with van der Waals surface area (Å²) in [5.74, 6) is 0.352. The van der Waals surface area contributed by atoms with E-state index >= 15 is 0 Å². The van der Waals surface area contributed by atoms with Gasteiger partial charge in [0, 0.05) is 12.5 Å². The average molecular weight is 353 g/mol. The number of nitrogens with zero attached hydrogens (tertiary/aromatic N) is 3. The van der Waals surface area contributed by atoms with Crippen LogP contribution >= 0.6 is 0 Å². The predicted octanol–water partition coefficient (Wildman–Crippen LogP) is 3.08. The Bertz CT molecular complexity index is 924. The van der Waals surface area contributed by atoms with Gasteiger partial charge in [0.1, 0.15) is 17.2 Å². The molecule has 0 spiro atoms. The Balaban J connectivity index is 1.95. The van der Waals surface area contributed by atoms with E-state index < -0.39 is 5.91 Å². The van der Waals surface area contributed by atoms with Crippen molar-refractivity contribution >= 4 is 23.3 Å². The van der Waals surface area contributed by atoms with Crippen LogP contribution in [-0.2, 0) is 4.79 Å². The van der Waals surface area contributed by atoms with E-state index in [1.165, 1.54) is 10.7 Å². The van der Waals surface area contributed by atoms with Crippen LogP contribution in [0.2, 0.25) is 0 Å². The Morgan fingerprint density at radius 2 is 1.88 bits per heavy atom. The van der Waals surface area contributed by atoms with Crippen molar-refractivity contribution in [1.82, 2.24) is 14.9 Å². The highest BCUT2D eigenvalue weighted by molar-refractivity contribution is 6.04. The number of carbonyl (C=O) groups is 2. The van der Waals surface area contributed by atoms with Gasteiger partial charge in [-0.25, -0.2) is 4.68 Å². The minimum Gasteiger partial charge on any atom is -0.359 e. The molecular weight excluding hydrogens is 334 g/mol. The van der Waals surface area contributed by atoms with Crippen molar-refractivity contribution in [2.75, 3.05) is 10.6 Å². The molecule has 0 radical (unpaired) electrons. The number of para-hydroxylation sites is 1. The number of aryl methyl sites for hydroxylation is 2. The molecule has 0 saturated heterocycles. The van der Waals surface area contributed by atoms with E-state index in [0.717, 1.165) is 5.69 Å². The van der Waals surface area contributed by atoms with Gasteiger partial charge in [-0.05, 0) is 26.0 Å². The summed E-state index contributed by atoms with van der Waals surface area (Å²) in [6.07, 6.45) is 0.320. The second-order valence-corrected chi connectivity index (χ2v) is 5.72. The molecular formula is C18H19N5O3. The van der Waals surface area contributed by atoms with Crippen molar-refractivity contribution in [3.05, 3.63) is 53.5 Å². The van der Waals surface area contributed by atoms with Gasteiger partial charge in [0.05, 0.1) is 5.69 Å². The van der Waals surface area contributed by atoms with Crippen molar-refractivity contribution in [3.63, 3.8) is 0 Å². The first kappa shape index (κ1) is 17.4. The summed E-state index contributed by atoms with van der Waals surface area (Å²) in [7, 11) is 0. The monoisotopic (exact) mass is 353 g/mol. The van der Waals surface area contributed by atoms with Crippen LogP contribution in [0, 0.1) is 13.8 Å². The topological polar surface area (TPSA) is 102 Å². The Labute approximate surface area is 150 Å². The lowest BCUT2D eigenvalue weighted by molar-refractivity contribution is -0.115. The summed E-state index contributed by atoms with van der Waals surface area (Å²) in [5.41, 5.74) is 2.00. The van der Waals surface area contributed by atoms with E-state index in [1.54, 1.807) is 20.8 Å². The molecule has 8 heteroatoms. The van der Waals surface area contributed by atoms with Crippen LogP contribution in [0.3, 0.4) is 0 Å². The van der Waals surface area contributed by atoms with E-state index in [0.29, 0.717) is 29.4 Å². The van der Waals surface area contributed by atoms with E-state index in [2.05, 4.69) is 20.9 Å². The van der Waals surface area contributed by atoms with E-state index in [9.17, 15) is 9.59 Å². The van der Waals surface area contributed by atoms with Gasteiger partial charge in [0.25, 0.3) is 5.91 Å². The first-order valence-electron chi connectivity index (χ1n) is 8.19. The number of benzene rings is 1. The summed E-state index contributed by atoms with van der Waals surface area (Å²) < 4.78 is 6.57. The third kappa shape index (κ3) is 3.49. The molecule has 0 unspecified atom stereocenters. The van der Waals surface area contributed by atoms with Crippen LogP contribution in [0.4, 0.5) is 11.5 Å². The summed E-state index contributed by atoms with van der Waals surface area (Å²) >= 11 is 0. The number of nitrogens with one attached hydrogen (secondary N) is 2. The number of aromatic nitrogens is 3. The lowest BCUT2D eigenvalue weighted by Crippen LogP contribution is -2.14. The highest BCUT2D eigenvalue weighted by Gasteiger charge is 2.19. The zero-order chi connectivity index (χ0) is 18.7. The van der Waals surface area contributed by atoms with Gasteiger partial charge >= 0.3 is 0 Å². The maximum absolute atomic E-state index is 12.6. The fraction of sp³-hybridized carbons (Fsp3) is 0.222. The molecule has 2 N–H and O–H groups in total. The maximum Gasteiger partial charge on any atom is 0.276 e. The first-order chi connectivity index (χ1) is 12.5. The summed E-state index contributed by atoms with van der Waals surface area (Å²) in [6.45, 7) is 5.20. The van der Waals surface area contributed by atoms with Gasteiger partial charge in [-0.3, -0.25) is 9.59 Å². The van der Waals surface area contributed by atoms with Crippen molar-refractivity contribution in [2.24, 2.45) is 0 Å². The normalized spacial score (nSPS) is 10.6. The number of hydrogen-bond donors (Lipinski definition) is 2. The molecule has 0 aliphatic carbocycles. The van der Waals surface area contributed by atoms with E-state index in [1.807, 2.05) is 30.3 Å². The predicted molar refractivity (Wildman–Crippen MR) is 96.4 cm³/mol. The zero-order valence-corrected chi connectivity index (χ0v) is 14.7. The second-order valence-electron chi connectivity index (χ2n) is 5.72. The van der Waals surface area contributed by atoms with Crippen LogP contribution in [0.15, 0.2) is 40.9 Å². The number of rotatable bonds is 5. The standard InChI is InChI=1S/C18H19N5O3/c1-4-16(24)19-15-10-14(21-23(15)13-8-6-5-7-9-13)18(25)20-17-11(2)22-26-12(17)3/h5-10H,4H2,1-3H3,(H,19,24)(H,20,25). The van der Waals surface area contributed by atoms with Gasteiger partial charge in [-0.2, -0.15) is 5.10 Å². The largest absolute Gasteiger partial charge is 0.359 e. The molecule has 26 heavy (non-hydrogen) atoms. The number of amides is 2.